The molecule has 0 radical (unpaired) electrons. The molecule has 2 N–H and O–H groups in total. The van der Waals surface area contributed by atoms with Crippen LogP contribution in [0.5, 0.6) is 0 Å². The normalized spacial score (nSPS) is 15.2. The number of rotatable bonds is 5. The van der Waals surface area contributed by atoms with E-state index in [9.17, 15) is 22.4 Å². The van der Waals surface area contributed by atoms with Gasteiger partial charge in [-0.25, -0.2) is 12.8 Å². The van der Waals surface area contributed by atoms with Gasteiger partial charge in [-0.05, 0) is 43.2 Å². The number of hydrogen-bond donors (Lipinski definition) is 2. The van der Waals surface area contributed by atoms with Crippen LogP contribution in [-0.4, -0.2) is 26.5 Å². The predicted octanol–water partition coefficient (Wildman–Crippen LogP) is 3.59. The Morgan fingerprint density at radius 2 is 1.79 bits per heavy atom. The van der Waals surface area contributed by atoms with Crippen molar-refractivity contribution >= 4 is 33.0 Å². The van der Waals surface area contributed by atoms with Crippen LogP contribution in [0.1, 0.15) is 42.7 Å². The summed E-state index contributed by atoms with van der Waals surface area (Å²) in [4.78, 5) is 24.6. The van der Waals surface area contributed by atoms with Crippen molar-refractivity contribution in [1.29, 1.82) is 0 Å². The lowest BCUT2D eigenvalue weighted by atomic mass is 9.88. The minimum Gasteiger partial charge on any atom is -0.440 e. The Balaban J connectivity index is 1.71. The van der Waals surface area contributed by atoms with Crippen LogP contribution in [0.15, 0.2) is 39.8 Å². The van der Waals surface area contributed by atoms with Gasteiger partial charge in [-0.2, -0.15) is 0 Å². The van der Waals surface area contributed by atoms with E-state index < -0.39 is 21.6 Å². The number of hydrogen-bond acceptors (Lipinski definition) is 5. The van der Waals surface area contributed by atoms with Crippen LogP contribution in [0, 0.1) is 11.7 Å². The number of anilines is 2. The highest BCUT2D eigenvalue weighted by atomic mass is 32.2. The van der Waals surface area contributed by atoms with Gasteiger partial charge in [0, 0.05) is 17.9 Å². The number of furan rings is 1. The van der Waals surface area contributed by atoms with Crippen LogP contribution in [0.4, 0.5) is 15.8 Å². The van der Waals surface area contributed by atoms with Crippen molar-refractivity contribution in [3.05, 3.63) is 41.9 Å². The molecule has 9 heteroatoms. The maximum Gasteiger partial charge on any atom is 0.291 e. The summed E-state index contributed by atoms with van der Waals surface area (Å²) in [5.74, 6) is -1.86. The fourth-order valence-corrected chi connectivity index (χ4v) is 3.69. The van der Waals surface area contributed by atoms with Gasteiger partial charge in [0.25, 0.3) is 5.91 Å². The summed E-state index contributed by atoms with van der Waals surface area (Å²) in [7, 11) is -3.57. The van der Waals surface area contributed by atoms with Crippen molar-refractivity contribution in [3.8, 4) is 0 Å². The Labute approximate surface area is 162 Å². The molecule has 28 heavy (non-hydrogen) atoms. The van der Waals surface area contributed by atoms with Crippen molar-refractivity contribution in [3.63, 3.8) is 0 Å². The van der Waals surface area contributed by atoms with Gasteiger partial charge in [0.05, 0.1) is 5.69 Å². The van der Waals surface area contributed by atoms with Crippen LogP contribution in [0.3, 0.4) is 0 Å². The maximum atomic E-state index is 14.1. The third-order valence-corrected chi connectivity index (χ3v) is 5.58. The molecule has 1 aromatic heterocycles. The summed E-state index contributed by atoms with van der Waals surface area (Å²) < 4.78 is 42.0. The lowest BCUT2D eigenvalue weighted by molar-refractivity contribution is -0.120. The Morgan fingerprint density at radius 1 is 1.07 bits per heavy atom. The van der Waals surface area contributed by atoms with Crippen LogP contribution in [-0.2, 0) is 14.6 Å². The fraction of sp³-hybridized carbons (Fsp3) is 0.368. The van der Waals surface area contributed by atoms with E-state index in [0.717, 1.165) is 44.4 Å². The Kier molecular flexibility index (Phi) is 5.83. The van der Waals surface area contributed by atoms with Gasteiger partial charge in [-0.1, -0.05) is 19.3 Å². The molecule has 3 rings (SSSR count). The molecule has 150 valence electrons. The van der Waals surface area contributed by atoms with E-state index in [4.69, 9.17) is 4.42 Å². The van der Waals surface area contributed by atoms with Gasteiger partial charge in [-0.3, -0.25) is 9.59 Å². The number of amides is 2. The first-order chi connectivity index (χ1) is 13.2. The SMILES string of the molecule is CS(=O)(=O)c1ccc(C(=O)Nc2ccc(F)c(NC(=O)C3CCCCC3)c2)o1. The highest BCUT2D eigenvalue weighted by molar-refractivity contribution is 7.90. The van der Waals surface area contributed by atoms with Crippen molar-refractivity contribution in [2.75, 3.05) is 16.9 Å². The molecule has 0 atom stereocenters. The van der Waals surface area contributed by atoms with E-state index in [0.29, 0.717) is 0 Å². The summed E-state index contributed by atoms with van der Waals surface area (Å²) in [6.45, 7) is 0. The van der Waals surface area contributed by atoms with Gasteiger partial charge in [0.15, 0.2) is 5.76 Å². The second kappa shape index (κ2) is 8.14. The van der Waals surface area contributed by atoms with Crippen LogP contribution < -0.4 is 10.6 Å². The van der Waals surface area contributed by atoms with E-state index in [1.54, 1.807) is 0 Å². The van der Waals surface area contributed by atoms with Crippen molar-refractivity contribution < 1.29 is 26.8 Å². The molecule has 0 aliphatic heterocycles. The smallest absolute Gasteiger partial charge is 0.291 e. The van der Waals surface area contributed by atoms with E-state index in [-0.39, 0.29) is 34.1 Å². The standard InChI is InChI=1S/C19H21FN2O5S/c1-28(25,26)17-10-9-16(27-17)19(24)21-13-7-8-14(20)15(11-13)22-18(23)12-5-3-2-4-6-12/h7-12H,2-6H2,1H3,(H,21,24)(H,22,23). The molecule has 7 nitrogen and oxygen atoms in total. The second-order valence-electron chi connectivity index (χ2n) is 6.86. The lowest BCUT2D eigenvalue weighted by Gasteiger charge is -2.21. The van der Waals surface area contributed by atoms with Crippen molar-refractivity contribution in [2.24, 2.45) is 5.92 Å². The Bertz CT molecular complexity index is 994. The predicted molar refractivity (Wildman–Crippen MR) is 101 cm³/mol. The average molecular weight is 408 g/mol. The number of benzene rings is 1. The molecular formula is C19H21FN2O5S. The molecule has 0 unspecified atom stereocenters. The first-order valence-electron chi connectivity index (χ1n) is 8.96. The average Bonchev–Trinajstić information content (AvgIpc) is 3.16. The van der Waals surface area contributed by atoms with Crippen LogP contribution in [0.2, 0.25) is 0 Å². The molecule has 1 aliphatic rings. The van der Waals surface area contributed by atoms with Gasteiger partial charge >= 0.3 is 0 Å². The summed E-state index contributed by atoms with van der Waals surface area (Å²) in [6.07, 6.45) is 5.60. The first-order valence-corrected chi connectivity index (χ1v) is 10.8. The molecular weight excluding hydrogens is 387 g/mol. The molecule has 1 fully saturated rings. The molecule has 1 saturated carbocycles. The molecule has 0 spiro atoms. The Hall–Kier alpha value is -2.68. The van der Waals surface area contributed by atoms with Gasteiger partial charge < -0.3 is 15.1 Å². The summed E-state index contributed by atoms with van der Waals surface area (Å²) in [5.41, 5.74) is 0.215. The maximum absolute atomic E-state index is 14.1. The number of carbonyl (C=O) groups excluding carboxylic acids is 2. The summed E-state index contributed by atoms with van der Waals surface area (Å²) in [5, 5.41) is 4.77. The van der Waals surface area contributed by atoms with E-state index in [1.165, 1.54) is 24.3 Å². The molecule has 2 amide bonds. The third kappa shape index (κ3) is 4.78. The van der Waals surface area contributed by atoms with Gasteiger partial charge in [0.1, 0.15) is 5.82 Å². The highest BCUT2D eigenvalue weighted by Crippen LogP contribution is 2.27. The van der Waals surface area contributed by atoms with E-state index in [1.807, 2.05) is 0 Å². The number of halogens is 1. The van der Waals surface area contributed by atoms with Crippen molar-refractivity contribution in [2.45, 2.75) is 37.2 Å². The van der Waals surface area contributed by atoms with E-state index in [2.05, 4.69) is 10.6 Å². The monoisotopic (exact) mass is 408 g/mol. The minimum absolute atomic E-state index is 0.0235. The fourth-order valence-electron chi connectivity index (χ4n) is 3.13. The van der Waals surface area contributed by atoms with Crippen LogP contribution >= 0.6 is 0 Å². The number of nitrogens with one attached hydrogen (secondary N) is 2. The van der Waals surface area contributed by atoms with Crippen molar-refractivity contribution in [1.82, 2.24) is 0 Å². The summed E-state index contributed by atoms with van der Waals surface area (Å²) >= 11 is 0. The van der Waals surface area contributed by atoms with Crippen LogP contribution in [0.25, 0.3) is 0 Å². The minimum atomic E-state index is -3.57. The first kappa shape index (κ1) is 20.1. The molecule has 0 bridgehead atoms. The zero-order chi connectivity index (χ0) is 20.3. The number of carbonyl (C=O) groups is 2. The highest BCUT2D eigenvalue weighted by Gasteiger charge is 2.22. The number of sulfone groups is 1. The third-order valence-electron chi connectivity index (χ3n) is 4.63. The van der Waals surface area contributed by atoms with E-state index >= 15 is 0 Å². The topological polar surface area (TPSA) is 105 Å². The zero-order valence-electron chi connectivity index (χ0n) is 15.3. The Morgan fingerprint density at radius 3 is 2.43 bits per heavy atom. The second-order valence-corrected chi connectivity index (χ2v) is 8.81. The van der Waals surface area contributed by atoms with Gasteiger partial charge in [-0.15, -0.1) is 0 Å². The lowest BCUT2D eigenvalue weighted by Crippen LogP contribution is -2.25. The molecule has 1 aliphatic carbocycles. The summed E-state index contributed by atoms with van der Waals surface area (Å²) in [6, 6.07) is 6.21. The molecule has 0 saturated heterocycles. The largest absolute Gasteiger partial charge is 0.440 e. The van der Waals surface area contributed by atoms with Gasteiger partial charge in [0.2, 0.25) is 20.8 Å². The molecule has 1 aromatic carbocycles. The molecule has 2 aromatic rings. The quantitative estimate of drug-likeness (QED) is 0.786. The molecule has 1 heterocycles. The zero-order valence-corrected chi connectivity index (χ0v) is 16.1.